The minimum absolute atomic E-state index is 0.356. The van der Waals surface area contributed by atoms with E-state index in [0.717, 1.165) is 19.1 Å². The van der Waals surface area contributed by atoms with E-state index in [1.807, 2.05) is 12.2 Å². The molecule has 0 aromatic carbocycles. The Balaban J connectivity index is 3.75. The van der Waals surface area contributed by atoms with Crippen molar-refractivity contribution in [1.29, 1.82) is 0 Å². The van der Waals surface area contributed by atoms with Crippen LogP contribution in [0.4, 0.5) is 0 Å². The van der Waals surface area contributed by atoms with Gasteiger partial charge in [-0.15, -0.1) is 0 Å². The minimum Gasteiger partial charge on any atom is -0.381 e. The lowest BCUT2D eigenvalue weighted by Crippen LogP contribution is -2.25. The van der Waals surface area contributed by atoms with Crippen LogP contribution in [0.25, 0.3) is 0 Å². The van der Waals surface area contributed by atoms with Crippen molar-refractivity contribution >= 4 is 10.1 Å². The van der Waals surface area contributed by atoms with E-state index in [4.69, 9.17) is 4.74 Å². The second-order valence-corrected chi connectivity index (χ2v) is 5.15. The number of hydroxylamine groups is 1. The minimum atomic E-state index is -3.41. The molecule has 6 heteroatoms. The Morgan fingerprint density at radius 3 is 2.56 bits per heavy atom. The van der Waals surface area contributed by atoms with E-state index < -0.39 is 10.1 Å². The van der Waals surface area contributed by atoms with E-state index >= 15 is 0 Å². The van der Waals surface area contributed by atoms with Crippen molar-refractivity contribution in [3.05, 3.63) is 12.2 Å². The first-order chi connectivity index (χ1) is 7.49. The maximum absolute atomic E-state index is 10.7. The van der Waals surface area contributed by atoms with Crippen molar-refractivity contribution in [2.75, 3.05) is 26.5 Å². The fraction of sp³-hybridized carbons (Fsp3) is 0.800. The number of rotatable bonds is 9. The number of hydrogen-bond acceptors (Lipinski definition) is 5. The zero-order chi connectivity index (χ0) is 12.4. The normalized spacial score (nSPS) is 14.4. The number of ether oxygens (including phenoxy) is 1. The third-order valence-electron chi connectivity index (χ3n) is 2.06. The molecule has 0 aliphatic heterocycles. The summed E-state index contributed by atoms with van der Waals surface area (Å²) in [7, 11) is -1.76. The maximum Gasteiger partial charge on any atom is 0.280 e. The van der Waals surface area contributed by atoms with Gasteiger partial charge in [0.25, 0.3) is 10.1 Å². The van der Waals surface area contributed by atoms with Gasteiger partial charge in [-0.3, -0.25) is 0 Å². The van der Waals surface area contributed by atoms with Crippen LogP contribution in [0.15, 0.2) is 12.2 Å². The number of nitrogens with one attached hydrogen (secondary N) is 1. The molecule has 0 radical (unpaired) electrons. The lowest BCUT2D eigenvalue weighted by molar-refractivity contribution is 0.185. The first kappa shape index (κ1) is 15.6. The molecule has 96 valence electrons. The zero-order valence-corrected chi connectivity index (χ0v) is 10.9. The molecule has 0 unspecified atom stereocenters. The summed E-state index contributed by atoms with van der Waals surface area (Å²) in [5.41, 5.74) is 2.46. The summed E-state index contributed by atoms with van der Waals surface area (Å²) in [5.74, 6) is 0.356. The van der Waals surface area contributed by atoms with Crippen LogP contribution in [0.3, 0.4) is 0 Å². The number of methoxy groups -OCH3 is 1. The van der Waals surface area contributed by atoms with Gasteiger partial charge in [-0.05, 0) is 12.3 Å². The molecule has 0 heterocycles. The van der Waals surface area contributed by atoms with Crippen LogP contribution >= 0.6 is 0 Å². The summed E-state index contributed by atoms with van der Waals surface area (Å²) in [4.78, 5) is 0. The van der Waals surface area contributed by atoms with Crippen molar-refractivity contribution in [3.8, 4) is 0 Å². The van der Waals surface area contributed by atoms with Gasteiger partial charge < -0.3 is 4.74 Å². The van der Waals surface area contributed by atoms with Crippen molar-refractivity contribution in [3.63, 3.8) is 0 Å². The zero-order valence-electron chi connectivity index (χ0n) is 10.1. The molecule has 1 N–H and O–H groups in total. The van der Waals surface area contributed by atoms with E-state index in [-0.39, 0.29) is 0 Å². The van der Waals surface area contributed by atoms with Gasteiger partial charge >= 0.3 is 0 Å². The quantitative estimate of drug-likeness (QED) is 0.491. The number of hydrogen-bond donors (Lipinski definition) is 1. The van der Waals surface area contributed by atoms with Crippen molar-refractivity contribution < 1.29 is 17.4 Å². The van der Waals surface area contributed by atoms with E-state index in [1.165, 1.54) is 0 Å². The van der Waals surface area contributed by atoms with Crippen LogP contribution in [0.1, 0.15) is 19.8 Å². The lowest BCUT2D eigenvalue weighted by atomic mass is 10.0. The monoisotopic (exact) mass is 251 g/mol. The van der Waals surface area contributed by atoms with Gasteiger partial charge in [-0.2, -0.15) is 18.2 Å². The standard InChI is InChI=1S/C10H21NO4S/c1-4-10(7-5-6-8-14-2)9-11-15-16(3,12)13/h5-6,10-11H,4,7-9H2,1-3H3/b6-5-/t10-/m1/s1. The highest BCUT2D eigenvalue weighted by molar-refractivity contribution is 7.85. The number of allylic oxidation sites excluding steroid dienone is 1. The van der Waals surface area contributed by atoms with Gasteiger partial charge in [0.2, 0.25) is 0 Å². The molecule has 1 atom stereocenters. The SMILES string of the molecule is CC[C@H](C/C=C\COC)CNOS(C)(=O)=O. The summed E-state index contributed by atoms with van der Waals surface area (Å²) in [6.07, 6.45) is 6.82. The van der Waals surface area contributed by atoms with E-state index in [0.29, 0.717) is 19.1 Å². The average molecular weight is 251 g/mol. The van der Waals surface area contributed by atoms with Gasteiger partial charge in [0.15, 0.2) is 0 Å². The molecule has 0 amide bonds. The third-order valence-corrected chi connectivity index (χ3v) is 2.48. The van der Waals surface area contributed by atoms with Crippen LogP contribution in [0, 0.1) is 5.92 Å². The van der Waals surface area contributed by atoms with Crippen molar-refractivity contribution in [2.45, 2.75) is 19.8 Å². The third kappa shape index (κ3) is 10.1. The Hall–Kier alpha value is -0.430. The molecule has 0 saturated heterocycles. The van der Waals surface area contributed by atoms with Crippen LogP contribution in [-0.4, -0.2) is 34.9 Å². The largest absolute Gasteiger partial charge is 0.381 e. The Morgan fingerprint density at radius 2 is 2.06 bits per heavy atom. The van der Waals surface area contributed by atoms with Crippen LogP contribution in [0.2, 0.25) is 0 Å². The molecule has 0 aliphatic carbocycles. The Labute approximate surface area is 97.9 Å². The maximum atomic E-state index is 10.7. The molecule has 0 bridgehead atoms. The van der Waals surface area contributed by atoms with Crippen LogP contribution in [-0.2, 0) is 19.1 Å². The Kier molecular flexibility index (Phi) is 8.46. The fourth-order valence-electron chi connectivity index (χ4n) is 1.11. The van der Waals surface area contributed by atoms with Crippen LogP contribution in [0.5, 0.6) is 0 Å². The molecule has 0 aliphatic rings. The predicted molar refractivity (Wildman–Crippen MR) is 63.3 cm³/mol. The highest BCUT2D eigenvalue weighted by atomic mass is 32.2. The van der Waals surface area contributed by atoms with E-state index in [9.17, 15) is 8.42 Å². The highest BCUT2D eigenvalue weighted by Gasteiger charge is 2.06. The summed E-state index contributed by atoms with van der Waals surface area (Å²) in [6, 6.07) is 0. The molecule has 0 fully saturated rings. The molecule has 5 nitrogen and oxygen atoms in total. The highest BCUT2D eigenvalue weighted by Crippen LogP contribution is 2.07. The van der Waals surface area contributed by atoms with Gasteiger partial charge in [-0.1, -0.05) is 25.5 Å². The molecule has 0 aromatic heterocycles. The molecule has 0 spiro atoms. The summed E-state index contributed by atoms with van der Waals surface area (Å²) < 4.78 is 30.7. The Bertz CT molecular complexity index is 287. The molecule has 0 saturated carbocycles. The lowest BCUT2D eigenvalue weighted by Gasteiger charge is -2.12. The van der Waals surface area contributed by atoms with E-state index in [2.05, 4.69) is 16.7 Å². The summed E-state index contributed by atoms with van der Waals surface area (Å²) in [6.45, 7) is 3.17. The molecule has 16 heavy (non-hydrogen) atoms. The molecule has 0 aromatic rings. The topological polar surface area (TPSA) is 64.6 Å². The first-order valence-corrected chi connectivity index (χ1v) is 7.06. The summed E-state index contributed by atoms with van der Waals surface area (Å²) in [5, 5.41) is 0. The van der Waals surface area contributed by atoms with Crippen LogP contribution < -0.4 is 5.48 Å². The van der Waals surface area contributed by atoms with Gasteiger partial charge in [0.05, 0.1) is 12.9 Å². The summed E-state index contributed by atoms with van der Waals surface area (Å²) >= 11 is 0. The van der Waals surface area contributed by atoms with Gasteiger partial charge in [0, 0.05) is 13.7 Å². The second kappa shape index (κ2) is 8.69. The first-order valence-electron chi connectivity index (χ1n) is 5.24. The van der Waals surface area contributed by atoms with E-state index in [1.54, 1.807) is 7.11 Å². The smallest absolute Gasteiger partial charge is 0.280 e. The van der Waals surface area contributed by atoms with Gasteiger partial charge in [-0.25, -0.2) is 0 Å². The fourth-order valence-corrected chi connectivity index (χ4v) is 1.39. The van der Waals surface area contributed by atoms with Crippen molar-refractivity contribution in [2.24, 2.45) is 5.92 Å². The van der Waals surface area contributed by atoms with Crippen molar-refractivity contribution in [1.82, 2.24) is 5.48 Å². The second-order valence-electron chi connectivity index (χ2n) is 3.57. The predicted octanol–water partition coefficient (Wildman–Crippen LogP) is 1.09. The average Bonchev–Trinajstić information content (AvgIpc) is 2.20. The Morgan fingerprint density at radius 1 is 1.38 bits per heavy atom. The van der Waals surface area contributed by atoms with Gasteiger partial charge in [0.1, 0.15) is 0 Å². The molecule has 0 rings (SSSR count). The molecular weight excluding hydrogens is 230 g/mol. The molecular formula is C10H21NO4S.